The summed E-state index contributed by atoms with van der Waals surface area (Å²) in [5.41, 5.74) is 3.08. The fourth-order valence-electron chi connectivity index (χ4n) is 2.70. The quantitative estimate of drug-likeness (QED) is 0.530. The molecular weight excluding hydrogens is 324 g/mol. The molecule has 3 rings (SSSR count). The molecule has 25 heavy (non-hydrogen) atoms. The van der Waals surface area contributed by atoms with Gasteiger partial charge in [-0.25, -0.2) is 14.3 Å². The highest BCUT2D eigenvalue weighted by Crippen LogP contribution is 2.23. The lowest BCUT2D eigenvalue weighted by Gasteiger charge is -2.08. The van der Waals surface area contributed by atoms with Crippen molar-refractivity contribution in [2.45, 2.75) is 6.67 Å². The number of hydrazone groups is 1. The Kier molecular flexibility index (Phi) is 4.14. The van der Waals surface area contributed by atoms with Crippen LogP contribution >= 0.6 is 0 Å². The lowest BCUT2D eigenvalue weighted by atomic mass is 10.2. The minimum atomic E-state index is -0.479. The van der Waals surface area contributed by atoms with Crippen LogP contribution in [-0.2, 0) is 20.8 Å². The Labute approximate surface area is 142 Å². The van der Waals surface area contributed by atoms with E-state index in [1.54, 1.807) is 25.8 Å². The average molecular weight is 342 g/mol. The van der Waals surface area contributed by atoms with E-state index in [0.29, 0.717) is 17.0 Å². The number of rotatable bonds is 5. The van der Waals surface area contributed by atoms with Crippen LogP contribution in [-0.4, -0.2) is 32.5 Å². The first-order chi connectivity index (χ1) is 12.0. The zero-order chi connectivity index (χ0) is 18.1. The standard InChI is InChI=1S/C16H18N6O3/c1-17-18-9-22-15(23)12-14(21(3)16(22)24)19-13(20(12)2)10-5-7-11(25-4)8-6-10/h5-8,18H,1,9H2,2-4H3. The fraction of sp³-hybridized carbons (Fsp3) is 0.250. The second-order valence-electron chi connectivity index (χ2n) is 5.44. The van der Waals surface area contributed by atoms with Gasteiger partial charge in [0.05, 0.1) is 7.11 Å². The third kappa shape index (κ3) is 2.59. The van der Waals surface area contributed by atoms with Crippen LogP contribution in [0.2, 0.25) is 0 Å². The number of nitrogens with one attached hydrogen (secondary N) is 1. The van der Waals surface area contributed by atoms with Gasteiger partial charge in [0.2, 0.25) is 0 Å². The molecule has 0 amide bonds. The first-order valence-electron chi connectivity index (χ1n) is 7.48. The Morgan fingerprint density at radius 3 is 2.48 bits per heavy atom. The van der Waals surface area contributed by atoms with E-state index >= 15 is 0 Å². The number of ether oxygens (including phenoxy) is 1. The molecule has 0 saturated heterocycles. The Morgan fingerprint density at radius 2 is 1.88 bits per heavy atom. The molecular formula is C16H18N6O3. The lowest BCUT2D eigenvalue weighted by Crippen LogP contribution is -2.42. The van der Waals surface area contributed by atoms with Crippen molar-refractivity contribution >= 4 is 17.9 Å². The van der Waals surface area contributed by atoms with Crippen molar-refractivity contribution in [1.82, 2.24) is 24.1 Å². The topological polar surface area (TPSA) is 95.4 Å². The Morgan fingerprint density at radius 1 is 1.20 bits per heavy atom. The normalized spacial score (nSPS) is 10.8. The summed E-state index contributed by atoms with van der Waals surface area (Å²) in [5.74, 6) is 1.30. The van der Waals surface area contributed by atoms with Crippen LogP contribution in [0.1, 0.15) is 0 Å². The van der Waals surface area contributed by atoms with E-state index in [0.717, 1.165) is 15.9 Å². The third-order valence-electron chi connectivity index (χ3n) is 4.05. The maximum absolute atomic E-state index is 12.7. The summed E-state index contributed by atoms with van der Waals surface area (Å²) in [6, 6.07) is 7.32. The van der Waals surface area contributed by atoms with E-state index in [1.165, 1.54) is 4.57 Å². The smallest absolute Gasteiger partial charge is 0.334 e. The predicted molar refractivity (Wildman–Crippen MR) is 94.9 cm³/mol. The van der Waals surface area contributed by atoms with Gasteiger partial charge in [-0.05, 0) is 24.3 Å². The molecule has 0 aliphatic heterocycles. The molecule has 0 bridgehead atoms. The second-order valence-corrected chi connectivity index (χ2v) is 5.44. The van der Waals surface area contributed by atoms with Gasteiger partial charge in [-0.1, -0.05) is 0 Å². The number of aromatic nitrogens is 4. The van der Waals surface area contributed by atoms with Gasteiger partial charge in [-0.15, -0.1) is 0 Å². The van der Waals surface area contributed by atoms with Gasteiger partial charge >= 0.3 is 5.69 Å². The van der Waals surface area contributed by atoms with Crippen molar-refractivity contribution in [3.8, 4) is 17.1 Å². The van der Waals surface area contributed by atoms with Crippen LogP contribution in [0.15, 0.2) is 39.0 Å². The van der Waals surface area contributed by atoms with E-state index in [4.69, 9.17) is 4.74 Å². The van der Waals surface area contributed by atoms with Crippen LogP contribution in [0, 0.1) is 0 Å². The molecule has 1 aromatic carbocycles. The summed E-state index contributed by atoms with van der Waals surface area (Å²) in [4.78, 5) is 29.6. The van der Waals surface area contributed by atoms with Crippen LogP contribution in [0.4, 0.5) is 0 Å². The van der Waals surface area contributed by atoms with Gasteiger partial charge in [0.25, 0.3) is 5.56 Å². The van der Waals surface area contributed by atoms with Gasteiger partial charge in [-0.3, -0.25) is 14.8 Å². The van der Waals surface area contributed by atoms with E-state index in [9.17, 15) is 9.59 Å². The number of benzene rings is 1. The number of hydrogen-bond acceptors (Lipinski definition) is 6. The van der Waals surface area contributed by atoms with Crippen molar-refractivity contribution in [3.63, 3.8) is 0 Å². The summed E-state index contributed by atoms with van der Waals surface area (Å²) < 4.78 is 9.23. The zero-order valence-corrected chi connectivity index (χ0v) is 14.2. The van der Waals surface area contributed by atoms with E-state index in [1.807, 2.05) is 24.3 Å². The summed E-state index contributed by atoms with van der Waals surface area (Å²) >= 11 is 0. The Hall–Kier alpha value is -3.36. The highest BCUT2D eigenvalue weighted by molar-refractivity contribution is 5.76. The molecule has 0 atom stereocenters. The SMILES string of the molecule is C=NNCn1c(=O)c2c(nc(-c3ccc(OC)cc3)n2C)n(C)c1=O. The first kappa shape index (κ1) is 16.5. The maximum atomic E-state index is 12.7. The van der Waals surface area contributed by atoms with Crippen LogP contribution < -0.4 is 21.4 Å². The average Bonchev–Trinajstić information content (AvgIpc) is 2.97. The summed E-state index contributed by atoms with van der Waals surface area (Å²) in [6.45, 7) is 3.22. The van der Waals surface area contributed by atoms with Crippen LogP contribution in [0.5, 0.6) is 5.75 Å². The van der Waals surface area contributed by atoms with Gasteiger partial charge in [0.1, 0.15) is 18.2 Å². The molecule has 0 saturated carbocycles. The van der Waals surface area contributed by atoms with Gasteiger partial charge in [-0.2, -0.15) is 5.10 Å². The lowest BCUT2D eigenvalue weighted by molar-refractivity contribution is 0.415. The third-order valence-corrected chi connectivity index (χ3v) is 4.05. The van der Waals surface area contributed by atoms with Crippen molar-refractivity contribution in [1.29, 1.82) is 0 Å². The summed E-state index contributed by atoms with van der Waals surface area (Å²) in [6.07, 6.45) is 0. The number of imidazole rings is 1. The van der Waals surface area contributed by atoms with Crippen molar-refractivity contribution in [2.24, 2.45) is 19.2 Å². The van der Waals surface area contributed by atoms with E-state index in [-0.39, 0.29) is 6.67 Å². The minimum Gasteiger partial charge on any atom is -0.497 e. The molecule has 3 aromatic rings. The molecule has 0 aliphatic carbocycles. The largest absolute Gasteiger partial charge is 0.497 e. The van der Waals surface area contributed by atoms with Crippen molar-refractivity contribution in [2.75, 3.05) is 7.11 Å². The molecule has 2 aromatic heterocycles. The minimum absolute atomic E-state index is 0.0615. The zero-order valence-electron chi connectivity index (χ0n) is 14.2. The van der Waals surface area contributed by atoms with Crippen LogP contribution in [0.3, 0.4) is 0 Å². The Balaban J connectivity index is 2.27. The predicted octanol–water partition coefficient (Wildman–Crippen LogP) is 0.272. The number of aryl methyl sites for hydroxylation is 2. The molecule has 2 heterocycles. The molecule has 1 N–H and O–H groups in total. The molecule has 0 radical (unpaired) electrons. The highest BCUT2D eigenvalue weighted by atomic mass is 16.5. The molecule has 0 unspecified atom stereocenters. The monoisotopic (exact) mass is 342 g/mol. The highest BCUT2D eigenvalue weighted by Gasteiger charge is 2.19. The Bertz CT molecular complexity index is 1060. The summed E-state index contributed by atoms with van der Waals surface area (Å²) in [5, 5.41) is 3.47. The van der Waals surface area contributed by atoms with Gasteiger partial charge < -0.3 is 9.30 Å². The van der Waals surface area contributed by atoms with Crippen molar-refractivity contribution < 1.29 is 4.74 Å². The molecule has 130 valence electrons. The second kappa shape index (κ2) is 6.27. The molecule has 9 heteroatoms. The molecule has 9 nitrogen and oxygen atoms in total. The number of nitrogens with zero attached hydrogens (tertiary/aromatic N) is 5. The van der Waals surface area contributed by atoms with E-state index < -0.39 is 11.2 Å². The molecule has 0 fully saturated rings. The van der Waals surface area contributed by atoms with Gasteiger partial charge in [0.15, 0.2) is 11.2 Å². The number of methoxy groups -OCH3 is 1. The fourth-order valence-corrected chi connectivity index (χ4v) is 2.70. The first-order valence-corrected chi connectivity index (χ1v) is 7.48. The van der Waals surface area contributed by atoms with Crippen LogP contribution in [0.25, 0.3) is 22.6 Å². The number of hydrogen-bond donors (Lipinski definition) is 1. The van der Waals surface area contributed by atoms with E-state index in [2.05, 4.69) is 22.2 Å². The van der Waals surface area contributed by atoms with Crippen molar-refractivity contribution in [3.05, 3.63) is 45.1 Å². The molecule has 0 spiro atoms. The molecule has 0 aliphatic rings. The van der Waals surface area contributed by atoms with Gasteiger partial charge in [0, 0.05) is 26.4 Å². The summed E-state index contributed by atoms with van der Waals surface area (Å²) in [7, 11) is 4.91. The number of fused-ring (bicyclic) bond motifs is 1. The maximum Gasteiger partial charge on any atom is 0.334 e.